The van der Waals surface area contributed by atoms with E-state index in [1.165, 1.54) is 30.1 Å². The van der Waals surface area contributed by atoms with E-state index in [4.69, 9.17) is 26.4 Å². The smallest absolute Gasteiger partial charge is 0.325 e. The molecular formula is C29H27FN2O5S. The Hall–Kier alpha value is -4.24. The van der Waals surface area contributed by atoms with Crippen LogP contribution in [0.25, 0.3) is 6.08 Å². The highest BCUT2D eigenvalue weighted by Gasteiger charge is 2.40. The van der Waals surface area contributed by atoms with Crippen LogP contribution in [0.1, 0.15) is 23.6 Å². The van der Waals surface area contributed by atoms with E-state index in [-0.39, 0.29) is 35.7 Å². The van der Waals surface area contributed by atoms with Gasteiger partial charge in [-0.15, -0.1) is 0 Å². The highest BCUT2D eigenvalue weighted by atomic mass is 32.1. The molecular weight excluding hydrogens is 507 g/mol. The molecule has 0 unspecified atom stereocenters. The van der Waals surface area contributed by atoms with Crippen LogP contribution in [0, 0.1) is 5.82 Å². The fourth-order valence-corrected chi connectivity index (χ4v) is 4.31. The molecule has 196 valence electrons. The maximum absolute atomic E-state index is 14.0. The summed E-state index contributed by atoms with van der Waals surface area (Å²) in [4.78, 5) is 28.6. The van der Waals surface area contributed by atoms with Crippen molar-refractivity contribution in [2.75, 3.05) is 25.7 Å². The Labute approximate surface area is 226 Å². The number of ether oxygens (including phenoxy) is 3. The lowest BCUT2D eigenvalue weighted by Crippen LogP contribution is -2.35. The van der Waals surface area contributed by atoms with Crippen molar-refractivity contribution in [1.29, 1.82) is 0 Å². The van der Waals surface area contributed by atoms with Gasteiger partial charge in [0, 0.05) is 5.56 Å². The molecule has 1 amide bonds. The zero-order valence-corrected chi connectivity index (χ0v) is 22.1. The zero-order chi connectivity index (χ0) is 27.2. The fraction of sp³-hybridized carbons (Fsp3) is 0.207. The molecule has 7 nitrogen and oxygen atoms in total. The molecule has 3 aromatic carbocycles. The average Bonchev–Trinajstić information content (AvgIpc) is 3.16. The van der Waals surface area contributed by atoms with Gasteiger partial charge >= 0.3 is 5.97 Å². The van der Waals surface area contributed by atoms with E-state index in [1.807, 2.05) is 31.2 Å². The number of halogens is 1. The van der Waals surface area contributed by atoms with Gasteiger partial charge in [0.05, 0.1) is 19.9 Å². The molecule has 0 aromatic heterocycles. The maximum atomic E-state index is 14.0. The van der Waals surface area contributed by atoms with Crippen LogP contribution in [0.5, 0.6) is 11.5 Å². The van der Waals surface area contributed by atoms with Gasteiger partial charge < -0.3 is 19.1 Å². The summed E-state index contributed by atoms with van der Waals surface area (Å²) >= 11 is 5.61. The normalized spacial score (nSPS) is 14.3. The molecule has 1 aliphatic rings. The number of benzene rings is 3. The summed E-state index contributed by atoms with van der Waals surface area (Å²) in [5.41, 5.74) is 2.96. The summed E-state index contributed by atoms with van der Waals surface area (Å²) < 4.78 is 30.1. The van der Waals surface area contributed by atoms with Crippen LogP contribution in [0.4, 0.5) is 10.1 Å². The van der Waals surface area contributed by atoms with E-state index in [2.05, 4.69) is 0 Å². The molecule has 3 aromatic rings. The highest BCUT2D eigenvalue weighted by Crippen LogP contribution is 2.33. The molecule has 38 heavy (non-hydrogen) atoms. The topological polar surface area (TPSA) is 68.3 Å². The molecule has 1 fully saturated rings. The van der Waals surface area contributed by atoms with Crippen LogP contribution in [0.2, 0.25) is 0 Å². The number of hydrogen-bond donors (Lipinski definition) is 0. The number of hydrogen-bond acceptors (Lipinski definition) is 6. The summed E-state index contributed by atoms with van der Waals surface area (Å²) in [6.07, 6.45) is 2.49. The first-order chi connectivity index (χ1) is 18.4. The minimum absolute atomic E-state index is 0.0227. The second-order valence-electron chi connectivity index (χ2n) is 8.43. The molecule has 0 bridgehead atoms. The van der Waals surface area contributed by atoms with Gasteiger partial charge in [0.15, 0.2) is 16.6 Å². The number of amides is 1. The van der Waals surface area contributed by atoms with Crippen molar-refractivity contribution in [2.45, 2.75) is 20.0 Å². The number of methoxy groups -OCH3 is 2. The third-order valence-electron chi connectivity index (χ3n) is 6.08. The summed E-state index contributed by atoms with van der Waals surface area (Å²) in [7, 11) is 2.77. The van der Waals surface area contributed by atoms with Crippen molar-refractivity contribution in [3.05, 3.63) is 94.9 Å². The third kappa shape index (κ3) is 5.68. The predicted octanol–water partition coefficient (Wildman–Crippen LogP) is 5.12. The monoisotopic (exact) mass is 534 g/mol. The lowest BCUT2D eigenvalue weighted by molar-refractivity contribution is -0.140. The van der Waals surface area contributed by atoms with Crippen molar-refractivity contribution in [2.24, 2.45) is 0 Å². The van der Waals surface area contributed by atoms with Gasteiger partial charge in [-0.3, -0.25) is 14.5 Å². The molecule has 0 spiro atoms. The van der Waals surface area contributed by atoms with Gasteiger partial charge in [-0.05, 0) is 66.2 Å². The summed E-state index contributed by atoms with van der Waals surface area (Å²) in [5.74, 6) is -0.459. The minimum atomic E-state index is -0.538. The van der Waals surface area contributed by atoms with Crippen molar-refractivity contribution in [1.82, 2.24) is 4.90 Å². The molecule has 1 saturated heterocycles. The molecule has 0 atom stereocenters. The first kappa shape index (κ1) is 26.8. The van der Waals surface area contributed by atoms with Gasteiger partial charge in [0.25, 0.3) is 5.91 Å². The van der Waals surface area contributed by atoms with Crippen LogP contribution in [-0.2, 0) is 27.4 Å². The van der Waals surface area contributed by atoms with Crippen LogP contribution in [0.15, 0.2) is 72.4 Å². The van der Waals surface area contributed by atoms with Gasteiger partial charge in [0.2, 0.25) is 0 Å². The second-order valence-corrected chi connectivity index (χ2v) is 8.79. The highest BCUT2D eigenvalue weighted by molar-refractivity contribution is 7.80. The summed E-state index contributed by atoms with van der Waals surface area (Å²) in [6.45, 7) is 1.84. The Bertz CT molecular complexity index is 1390. The van der Waals surface area contributed by atoms with E-state index in [9.17, 15) is 14.0 Å². The number of aryl methyl sites for hydroxylation is 1. The molecule has 1 aliphatic heterocycles. The molecule has 0 saturated carbocycles. The SMILES string of the molecule is CCc1ccc(N2C(=O)/C(=C/c3ccc(OCc4ccccc4F)c(OC)c3)N(CC(=O)OC)C2=S)cc1. The van der Waals surface area contributed by atoms with Crippen molar-refractivity contribution < 1.29 is 28.2 Å². The Morgan fingerprint density at radius 3 is 2.42 bits per heavy atom. The fourth-order valence-electron chi connectivity index (χ4n) is 3.96. The van der Waals surface area contributed by atoms with Crippen LogP contribution < -0.4 is 14.4 Å². The Morgan fingerprint density at radius 2 is 1.76 bits per heavy atom. The third-order valence-corrected chi connectivity index (χ3v) is 6.49. The lowest BCUT2D eigenvalue weighted by Gasteiger charge is -2.19. The van der Waals surface area contributed by atoms with Crippen molar-refractivity contribution >= 4 is 41.0 Å². The van der Waals surface area contributed by atoms with E-state index >= 15 is 0 Å². The van der Waals surface area contributed by atoms with Crippen LogP contribution >= 0.6 is 12.2 Å². The van der Waals surface area contributed by atoms with Gasteiger partial charge in [-0.2, -0.15) is 0 Å². The number of anilines is 1. The van der Waals surface area contributed by atoms with E-state index in [0.717, 1.165) is 12.0 Å². The quantitative estimate of drug-likeness (QED) is 0.214. The van der Waals surface area contributed by atoms with E-state index in [1.54, 1.807) is 42.5 Å². The summed E-state index contributed by atoms with van der Waals surface area (Å²) in [5, 5.41) is 0.174. The minimum Gasteiger partial charge on any atom is -0.493 e. The first-order valence-corrected chi connectivity index (χ1v) is 12.3. The molecule has 1 heterocycles. The zero-order valence-electron chi connectivity index (χ0n) is 21.3. The molecule has 0 aliphatic carbocycles. The number of nitrogens with zero attached hydrogens (tertiary/aromatic N) is 2. The maximum Gasteiger partial charge on any atom is 0.325 e. The van der Waals surface area contributed by atoms with Gasteiger partial charge in [-0.1, -0.05) is 43.3 Å². The molecule has 0 N–H and O–H groups in total. The van der Waals surface area contributed by atoms with Crippen LogP contribution in [-0.4, -0.2) is 42.7 Å². The lowest BCUT2D eigenvalue weighted by atomic mass is 10.1. The summed E-state index contributed by atoms with van der Waals surface area (Å²) in [6, 6.07) is 19.0. The Balaban J connectivity index is 1.65. The standard InChI is InChI=1S/C29H27FN2O5S/c1-4-19-9-12-22(13-10-19)32-28(34)24(31(29(32)38)17-27(33)36-3)15-20-11-14-25(26(16-20)35-2)37-18-21-7-5-6-8-23(21)30/h5-16H,4,17-18H2,1-3H3/b24-15-. The van der Waals surface area contributed by atoms with Crippen molar-refractivity contribution in [3.63, 3.8) is 0 Å². The van der Waals surface area contributed by atoms with Crippen LogP contribution in [0.3, 0.4) is 0 Å². The Kier molecular flexibility index (Phi) is 8.38. The predicted molar refractivity (Wildman–Crippen MR) is 146 cm³/mol. The number of esters is 1. The van der Waals surface area contributed by atoms with Gasteiger partial charge in [-0.25, -0.2) is 4.39 Å². The number of rotatable bonds is 9. The Morgan fingerprint density at radius 1 is 1.03 bits per heavy atom. The van der Waals surface area contributed by atoms with Crippen molar-refractivity contribution in [3.8, 4) is 11.5 Å². The largest absolute Gasteiger partial charge is 0.493 e. The molecule has 4 rings (SSSR count). The molecule has 9 heteroatoms. The number of thiocarbonyl (C=S) groups is 1. The average molecular weight is 535 g/mol. The molecule has 0 radical (unpaired) electrons. The number of carbonyl (C=O) groups excluding carboxylic acids is 2. The first-order valence-electron chi connectivity index (χ1n) is 11.9. The van der Waals surface area contributed by atoms with E-state index in [0.29, 0.717) is 28.3 Å². The van der Waals surface area contributed by atoms with E-state index < -0.39 is 5.97 Å². The van der Waals surface area contributed by atoms with Gasteiger partial charge in [0.1, 0.15) is 24.7 Å². The number of carbonyl (C=O) groups is 2. The second kappa shape index (κ2) is 11.9.